The van der Waals surface area contributed by atoms with Gasteiger partial charge in [0, 0.05) is 0 Å². The minimum atomic E-state index is -0.701. The van der Waals surface area contributed by atoms with Crippen LogP contribution in [-0.2, 0) is 0 Å². The molecule has 0 atom stereocenters. The summed E-state index contributed by atoms with van der Waals surface area (Å²) in [6.07, 6.45) is 0. The van der Waals surface area contributed by atoms with Gasteiger partial charge in [-0.25, -0.2) is 4.39 Å². The highest BCUT2D eigenvalue weighted by Crippen LogP contribution is 2.22. The molecule has 0 saturated heterocycles. The molecule has 0 fully saturated rings. The molecule has 88 valence electrons. The van der Waals surface area contributed by atoms with Crippen LogP contribution in [0.3, 0.4) is 0 Å². The molecule has 3 N–H and O–H groups in total. The lowest BCUT2D eigenvalue weighted by Crippen LogP contribution is -2.14. The molecule has 0 radical (unpaired) electrons. The van der Waals surface area contributed by atoms with E-state index in [1.54, 1.807) is 0 Å². The predicted octanol–water partition coefficient (Wildman–Crippen LogP) is 2.17. The molecule has 5 nitrogen and oxygen atoms in total. The van der Waals surface area contributed by atoms with Crippen LogP contribution in [0.1, 0.15) is 10.4 Å². The van der Waals surface area contributed by atoms with Gasteiger partial charge in [-0.3, -0.25) is 10.1 Å². The highest BCUT2D eigenvalue weighted by Gasteiger charge is 2.17. The number of aromatic nitrogens is 2. The maximum atomic E-state index is 13.4. The fourth-order valence-electron chi connectivity index (χ4n) is 1.16. The molecule has 0 unspecified atom stereocenters. The molecule has 1 aromatic heterocycles. The molecule has 17 heavy (non-hydrogen) atoms. The maximum Gasteiger partial charge on any atom is 0.261 e. The predicted molar refractivity (Wildman–Crippen MR) is 63.7 cm³/mol. The van der Waals surface area contributed by atoms with Gasteiger partial charge >= 0.3 is 0 Å². The number of hydrogen-bond donors (Lipinski definition) is 2. The van der Waals surface area contributed by atoms with Crippen LogP contribution >= 0.6 is 22.9 Å². The van der Waals surface area contributed by atoms with Crippen LogP contribution in [0.5, 0.6) is 0 Å². The zero-order chi connectivity index (χ0) is 12.4. The summed E-state index contributed by atoms with van der Waals surface area (Å²) >= 11 is 6.72. The zero-order valence-corrected chi connectivity index (χ0v) is 9.85. The summed E-state index contributed by atoms with van der Waals surface area (Å²) in [6, 6.07) is 3.99. The van der Waals surface area contributed by atoms with E-state index in [1.165, 1.54) is 12.1 Å². The second kappa shape index (κ2) is 4.64. The molecule has 0 aliphatic carbocycles. The topological polar surface area (TPSA) is 80.9 Å². The second-order valence-electron chi connectivity index (χ2n) is 3.00. The number of nitrogens with two attached hydrogens (primary N) is 1. The van der Waals surface area contributed by atoms with Crippen LogP contribution in [0.25, 0.3) is 0 Å². The van der Waals surface area contributed by atoms with Gasteiger partial charge in [0.25, 0.3) is 5.91 Å². The number of amides is 1. The van der Waals surface area contributed by atoms with E-state index in [4.69, 9.17) is 17.3 Å². The van der Waals surface area contributed by atoms with Crippen molar-refractivity contribution in [3.63, 3.8) is 0 Å². The average Bonchev–Trinajstić information content (AvgIpc) is 2.63. The summed E-state index contributed by atoms with van der Waals surface area (Å²) in [4.78, 5) is 11.7. The minimum Gasteiger partial charge on any atom is -0.374 e. The van der Waals surface area contributed by atoms with Crippen LogP contribution in [0.4, 0.5) is 14.7 Å². The number of hydrogen-bond acceptors (Lipinski definition) is 5. The van der Waals surface area contributed by atoms with Crippen LogP contribution in [0.2, 0.25) is 5.02 Å². The molecule has 1 aromatic carbocycles. The van der Waals surface area contributed by atoms with Crippen molar-refractivity contribution in [1.29, 1.82) is 0 Å². The molecule has 0 bridgehead atoms. The standard InChI is InChI=1S/C9H6ClFN4OS/c10-4-2-1-3-5(11)6(4)7(16)13-9-15-14-8(12)17-9/h1-3H,(H2,12,14)(H,13,15,16). The number of nitrogen functional groups attached to an aromatic ring is 1. The van der Waals surface area contributed by atoms with Gasteiger partial charge in [0.1, 0.15) is 5.82 Å². The lowest BCUT2D eigenvalue weighted by molar-refractivity contribution is 0.102. The molecule has 8 heteroatoms. The van der Waals surface area contributed by atoms with E-state index >= 15 is 0 Å². The number of carbonyl (C=O) groups is 1. The number of rotatable bonds is 2. The highest BCUT2D eigenvalue weighted by molar-refractivity contribution is 7.19. The van der Waals surface area contributed by atoms with E-state index < -0.39 is 11.7 Å². The number of nitrogens with zero attached hydrogens (tertiary/aromatic N) is 2. The Hall–Kier alpha value is -1.73. The van der Waals surface area contributed by atoms with Crippen molar-refractivity contribution >= 4 is 39.1 Å². The third-order valence-corrected chi connectivity index (χ3v) is 2.83. The van der Waals surface area contributed by atoms with E-state index in [1.807, 2.05) is 0 Å². The van der Waals surface area contributed by atoms with Gasteiger partial charge in [0.2, 0.25) is 10.3 Å². The van der Waals surface area contributed by atoms with Crippen molar-refractivity contribution in [2.24, 2.45) is 0 Å². The fraction of sp³-hybridized carbons (Fsp3) is 0. The molecule has 0 aliphatic heterocycles. The van der Waals surface area contributed by atoms with Crippen LogP contribution in [-0.4, -0.2) is 16.1 Å². The lowest BCUT2D eigenvalue weighted by atomic mass is 10.2. The summed E-state index contributed by atoms with van der Waals surface area (Å²) in [7, 11) is 0. The van der Waals surface area contributed by atoms with Crippen LogP contribution < -0.4 is 11.1 Å². The third kappa shape index (κ3) is 2.51. The molecule has 0 spiro atoms. The molecule has 1 heterocycles. The van der Waals surface area contributed by atoms with Gasteiger partial charge in [-0.1, -0.05) is 29.0 Å². The van der Waals surface area contributed by atoms with Crippen molar-refractivity contribution in [3.05, 3.63) is 34.6 Å². The van der Waals surface area contributed by atoms with E-state index in [9.17, 15) is 9.18 Å². The number of benzene rings is 1. The van der Waals surface area contributed by atoms with E-state index in [0.717, 1.165) is 17.4 Å². The first-order valence-corrected chi connectivity index (χ1v) is 5.61. The van der Waals surface area contributed by atoms with Crippen molar-refractivity contribution in [2.45, 2.75) is 0 Å². The smallest absolute Gasteiger partial charge is 0.261 e. The minimum absolute atomic E-state index is 0.0278. The van der Waals surface area contributed by atoms with E-state index in [0.29, 0.717) is 0 Å². The molecule has 2 rings (SSSR count). The van der Waals surface area contributed by atoms with Crippen molar-refractivity contribution in [3.8, 4) is 0 Å². The van der Waals surface area contributed by atoms with Crippen molar-refractivity contribution in [1.82, 2.24) is 10.2 Å². The molecule has 1 amide bonds. The molecule has 2 aromatic rings. The Morgan fingerprint density at radius 2 is 2.24 bits per heavy atom. The number of anilines is 2. The maximum absolute atomic E-state index is 13.4. The van der Waals surface area contributed by atoms with Gasteiger partial charge < -0.3 is 5.73 Å². The normalized spacial score (nSPS) is 10.2. The Kier molecular flexibility index (Phi) is 3.21. The van der Waals surface area contributed by atoms with Gasteiger partial charge in [0.05, 0.1) is 10.6 Å². The molecule has 0 saturated carbocycles. The third-order valence-electron chi connectivity index (χ3n) is 1.85. The number of halogens is 2. The van der Waals surface area contributed by atoms with Gasteiger partial charge in [-0.2, -0.15) is 0 Å². The Bertz CT molecular complexity index is 554. The summed E-state index contributed by atoms with van der Waals surface area (Å²) in [5.74, 6) is -1.39. The van der Waals surface area contributed by atoms with Gasteiger partial charge in [-0.15, -0.1) is 10.2 Å². The van der Waals surface area contributed by atoms with Gasteiger partial charge in [-0.05, 0) is 12.1 Å². The molecule has 0 aliphatic rings. The SMILES string of the molecule is Nc1nnc(NC(=O)c2c(F)cccc2Cl)s1. The average molecular weight is 273 g/mol. The Morgan fingerprint density at radius 1 is 1.47 bits per heavy atom. The zero-order valence-electron chi connectivity index (χ0n) is 8.28. The second-order valence-corrected chi connectivity index (χ2v) is 4.41. The van der Waals surface area contributed by atoms with E-state index in [-0.39, 0.29) is 20.8 Å². The largest absolute Gasteiger partial charge is 0.374 e. The summed E-state index contributed by atoms with van der Waals surface area (Å²) in [5.41, 5.74) is 5.11. The monoisotopic (exact) mass is 272 g/mol. The Labute approximate surface area is 104 Å². The van der Waals surface area contributed by atoms with E-state index in [2.05, 4.69) is 15.5 Å². The van der Waals surface area contributed by atoms with Crippen molar-refractivity contribution < 1.29 is 9.18 Å². The first-order valence-electron chi connectivity index (χ1n) is 4.42. The lowest BCUT2D eigenvalue weighted by Gasteiger charge is -2.04. The summed E-state index contributed by atoms with van der Waals surface area (Å²) in [6.45, 7) is 0. The molecular formula is C9H6ClFN4OS. The quantitative estimate of drug-likeness (QED) is 0.878. The first kappa shape index (κ1) is 11.7. The molecular weight excluding hydrogens is 267 g/mol. The number of carbonyl (C=O) groups excluding carboxylic acids is 1. The first-order chi connectivity index (χ1) is 8.08. The highest BCUT2D eigenvalue weighted by atomic mass is 35.5. The van der Waals surface area contributed by atoms with Crippen molar-refractivity contribution in [2.75, 3.05) is 11.1 Å². The Morgan fingerprint density at radius 3 is 2.82 bits per heavy atom. The van der Waals surface area contributed by atoms with Gasteiger partial charge in [0.15, 0.2) is 0 Å². The summed E-state index contributed by atoms with van der Waals surface area (Å²) < 4.78 is 13.4. The van der Waals surface area contributed by atoms with Crippen LogP contribution in [0.15, 0.2) is 18.2 Å². The van der Waals surface area contributed by atoms with Crippen LogP contribution in [0, 0.1) is 5.82 Å². The summed E-state index contributed by atoms with van der Waals surface area (Å²) in [5, 5.41) is 9.88. The fourth-order valence-corrected chi connectivity index (χ4v) is 1.91. The Balaban J connectivity index is 2.26. The number of nitrogens with one attached hydrogen (secondary N) is 1.